The molecule has 0 radical (unpaired) electrons. The Morgan fingerprint density at radius 1 is 0.800 bits per heavy atom. The number of benzene rings is 3. The molecule has 30 heavy (non-hydrogen) atoms. The highest BCUT2D eigenvalue weighted by Crippen LogP contribution is 2.39. The summed E-state index contributed by atoms with van der Waals surface area (Å²) in [5.74, 6) is 1.54. The van der Waals surface area contributed by atoms with Crippen LogP contribution in [0, 0.1) is 0 Å². The number of anilines is 2. The normalized spacial score (nSPS) is 17.9. The second kappa shape index (κ2) is 7.75. The Kier molecular flexibility index (Phi) is 4.98. The summed E-state index contributed by atoms with van der Waals surface area (Å²) in [5, 5.41) is 19.7. The zero-order valence-electron chi connectivity index (χ0n) is 16.2. The zero-order chi connectivity index (χ0) is 21.1. The van der Waals surface area contributed by atoms with Crippen LogP contribution in [0.5, 0.6) is 23.0 Å². The quantitative estimate of drug-likeness (QED) is 0.370. The summed E-state index contributed by atoms with van der Waals surface area (Å²) < 4.78 is 12.2. The molecule has 1 unspecified atom stereocenters. The fraction of sp³-hybridized carbons (Fsp3) is 0.0833. The summed E-state index contributed by atoms with van der Waals surface area (Å²) in [6.45, 7) is 0. The molecule has 6 heteroatoms. The van der Waals surface area contributed by atoms with Gasteiger partial charge in [-0.15, -0.1) is 0 Å². The summed E-state index contributed by atoms with van der Waals surface area (Å²) in [5.41, 5.74) is 12.1. The average Bonchev–Trinajstić information content (AvgIpc) is 2.76. The lowest BCUT2D eigenvalue weighted by molar-refractivity contribution is 0.119. The van der Waals surface area contributed by atoms with E-state index in [1.165, 1.54) is 12.1 Å². The van der Waals surface area contributed by atoms with Crippen LogP contribution in [0.4, 0.5) is 11.4 Å². The Morgan fingerprint density at radius 3 is 2.03 bits per heavy atom. The van der Waals surface area contributed by atoms with E-state index >= 15 is 0 Å². The predicted molar refractivity (Wildman–Crippen MR) is 116 cm³/mol. The van der Waals surface area contributed by atoms with Gasteiger partial charge < -0.3 is 31.2 Å². The maximum absolute atomic E-state index is 9.95. The fourth-order valence-corrected chi connectivity index (χ4v) is 3.27. The molecule has 1 aliphatic carbocycles. The molecule has 0 bridgehead atoms. The number of phenols is 2. The summed E-state index contributed by atoms with van der Waals surface area (Å²) in [6.07, 6.45) is 6.15. The zero-order valence-corrected chi connectivity index (χ0v) is 16.2. The van der Waals surface area contributed by atoms with E-state index in [1.54, 1.807) is 24.3 Å². The standard InChI is InChI=1S/C24H22N2O4/c25-20-8-6-18(14-22(20)27)29-17-10-12-24(13-11-17,16-4-2-1-3-5-16)30-19-7-9-21(26)23(28)15-19/h1-12,14-15,27-28H,13,25-26H2. The average molecular weight is 402 g/mol. The van der Waals surface area contributed by atoms with Gasteiger partial charge in [0.1, 0.15) is 28.8 Å². The van der Waals surface area contributed by atoms with Crippen molar-refractivity contribution in [3.05, 3.63) is 96.3 Å². The number of aromatic hydroxyl groups is 2. The van der Waals surface area contributed by atoms with Gasteiger partial charge in [0.25, 0.3) is 0 Å². The first-order valence-electron chi connectivity index (χ1n) is 9.44. The van der Waals surface area contributed by atoms with Crippen LogP contribution in [0.2, 0.25) is 0 Å². The van der Waals surface area contributed by atoms with Gasteiger partial charge in [0.05, 0.1) is 11.4 Å². The molecule has 0 saturated heterocycles. The number of phenolic OH excluding ortho intramolecular Hbond substituents is 2. The van der Waals surface area contributed by atoms with Gasteiger partial charge in [0, 0.05) is 18.6 Å². The van der Waals surface area contributed by atoms with E-state index in [0.29, 0.717) is 29.4 Å². The van der Waals surface area contributed by atoms with Crippen LogP contribution < -0.4 is 20.9 Å². The maximum atomic E-state index is 9.95. The first-order chi connectivity index (χ1) is 14.4. The van der Waals surface area contributed by atoms with Crippen molar-refractivity contribution in [1.29, 1.82) is 0 Å². The van der Waals surface area contributed by atoms with Gasteiger partial charge in [-0.05, 0) is 48.1 Å². The molecule has 0 aromatic heterocycles. The molecule has 0 saturated carbocycles. The second-order valence-corrected chi connectivity index (χ2v) is 7.04. The van der Waals surface area contributed by atoms with E-state index in [4.69, 9.17) is 20.9 Å². The van der Waals surface area contributed by atoms with Crippen molar-refractivity contribution in [1.82, 2.24) is 0 Å². The lowest BCUT2D eigenvalue weighted by atomic mass is 9.86. The van der Waals surface area contributed by atoms with Gasteiger partial charge in [0.15, 0.2) is 5.60 Å². The van der Waals surface area contributed by atoms with E-state index in [2.05, 4.69) is 0 Å². The molecule has 3 aromatic rings. The number of hydrogen-bond acceptors (Lipinski definition) is 6. The van der Waals surface area contributed by atoms with Crippen molar-refractivity contribution >= 4 is 11.4 Å². The number of nitrogens with two attached hydrogens (primary N) is 2. The van der Waals surface area contributed by atoms with Gasteiger partial charge in [-0.3, -0.25) is 0 Å². The second-order valence-electron chi connectivity index (χ2n) is 7.04. The lowest BCUT2D eigenvalue weighted by Gasteiger charge is -2.33. The minimum absolute atomic E-state index is 0.0294. The number of hydrogen-bond donors (Lipinski definition) is 4. The Hall–Kier alpha value is -4.06. The molecule has 0 fully saturated rings. The van der Waals surface area contributed by atoms with Crippen molar-refractivity contribution in [3.63, 3.8) is 0 Å². The van der Waals surface area contributed by atoms with Crippen LogP contribution >= 0.6 is 0 Å². The van der Waals surface area contributed by atoms with Crippen molar-refractivity contribution < 1.29 is 19.7 Å². The van der Waals surface area contributed by atoms with Crippen LogP contribution in [-0.2, 0) is 5.60 Å². The Balaban J connectivity index is 1.61. The number of nitrogen functional groups attached to an aromatic ring is 2. The summed E-state index contributed by atoms with van der Waals surface area (Å²) in [7, 11) is 0. The minimum atomic E-state index is -0.778. The third-order valence-electron chi connectivity index (χ3n) is 4.93. The predicted octanol–water partition coefficient (Wildman–Crippen LogP) is 4.46. The van der Waals surface area contributed by atoms with E-state index in [0.717, 1.165) is 5.56 Å². The third-order valence-corrected chi connectivity index (χ3v) is 4.93. The van der Waals surface area contributed by atoms with E-state index in [-0.39, 0.29) is 17.2 Å². The molecule has 3 aromatic carbocycles. The first kappa shape index (κ1) is 19.3. The highest BCUT2D eigenvalue weighted by Gasteiger charge is 2.33. The Labute approximate surface area is 174 Å². The first-order valence-corrected chi connectivity index (χ1v) is 9.44. The summed E-state index contributed by atoms with van der Waals surface area (Å²) in [6, 6.07) is 19.4. The summed E-state index contributed by atoms with van der Waals surface area (Å²) >= 11 is 0. The van der Waals surface area contributed by atoms with Crippen LogP contribution in [0.3, 0.4) is 0 Å². The molecule has 1 atom stereocenters. The number of ether oxygens (including phenoxy) is 2. The molecular formula is C24H22N2O4. The van der Waals surface area contributed by atoms with Crippen LogP contribution in [0.15, 0.2) is 90.7 Å². The van der Waals surface area contributed by atoms with Crippen molar-refractivity contribution in [2.45, 2.75) is 12.0 Å². The molecule has 152 valence electrons. The van der Waals surface area contributed by atoms with Crippen LogP contribution in [0.1, 0.15) is 12.0 Å². The smallest absolute Gasteiger partial charge is 0.156 e. The van der Waals surface area contributed by atoms with Gasteiger partial charge in [0.2, 0.25) is 0 Å². The molecule has 1 aliphatic rings. The Morgan fingerprint density at radius 2 is 1.43 bits per heavy atom. The van der Waals surface area contributed by atoms with Crippen molar-refractivity contribution in [3.8, 4) is 23.0 Å². The number of rotatable bonds is 5. The van der Waals surface area contributed by atoms with E-state index in [9.17, 15) is 10.2 Å². The van der Waals surface area contributed by atoms with Crippen molar-refractivity contribution in [2.75, 3.05) is 11.5 Å². The van der Waals surface area contributed by atoms with Crippen molar-refractivity contribution in [2.24, 2.45) is 0 Å². The maximum Gasteiger partial charge on any atom is 0.156 e. The molecule has 0 heterocycles. The molecular weight excluding hydrogens is 380 g/mol. The van der Waals surface area contributed by atoms with E-state index < -0.39 is 5.60 Å². The number of allylic oxidation sites excluding steroid dienone is 1. The van der Waals surface area contributed by atoms with Gasteiger partial charge in [-0.2, -0.15) is 0 Å². The van der Waals surface area contributed by atoms with Gasteiger partial charge >= 0.3 is 0 Å². The molecule has 0 aliphatic heterocycles. The molecule has 6 N–H and O–H groups in total. The summed E-state index contributed by atoms with van der Waals surface area (Å²) in [4.78, 5) is 0. The highest BCUT2D eigenvalue weighted by molar-refractivity contribution is 5.56. The monoisotopic (exact) mass is 402 g/mol. The largest absolute Gasteiger partial charge is 0.506 e. The van der Waals surface area contributed by atoms with Crippen LogP contribution in [-0.4, -0.2) is 10.2 Å². The fourth-order valence-electron chi connectivity index (χ4n) is 3.27. The van der Waals surface area contributed by atoms with Crippen LogP contribution in [0.25, 0.3) is 0 Å². The SMILES string of the molecule is Nc1ccc(OC2=CCC(Oc3ccc(N)c(O)c3)(c3ccccc3)C=C2)cc1O. The lowest BCUT2D eigenvalue weighted by Crippen LogP contribution is -2.32. The topological polar surface area (TPSA) is 111 Å². The van der Waals surface area contributed by atoms with Gasteiger partial charge in [-0.25, -0.2) is 0 Å². The molecule has 4 rings (SSSR count). The molecule has 0 spiro atoms. The van der Waals surface area contributed by atoms with Gasteiger partial charge in [-0.1, -0.05) is 30.3 Å². The molecule has 6 nitrogen and oxygen atoms in total. The Bertz CT molecular complexity index is 1130. The van der Waals surface area contributed by atoms with E-state index in [1.807, 2.05) is 48.6 Å². The third kappa shape index (κ3) is 3.89. The molecule has 0 amide bonds. The highest BCUT2D eigenvalue weighted by atomic mass is 16.5. The minimum Gasteiger partial charge on any atom is -0.506 e.